The molecule has 17 heavy (non-hydrogen) atoms. The summed E-state index contributed by atoms with van der Waals surface area (Å²) in [4.78, 5) is 0.817. The van der Waals surface area contributed by atoms with Crippen LogP contribution in [0.5, 0.6) is 0 Å². The number of benzene rings is 1. The van der Waals surface area contributed by atoms with Crippen LogP contribution in [0.3, 0.4) is 0 Å². The maximum absolute atomic E-state index is 9.71. The molecule has 3 N–H and O–H groups in total. The van der Waals surface area contributed by atoms with Crippen LogP contribution in [0, 0.1) is 0 Å². The summed E-state index contributed by atoms with van der Waals surface area (Å²) in [5.74, 6) is 0.515. The van der Waals surface area contributed by atoms with E-state index < -0.39 is 6.10 Å². The van der Waals surface area contributed by atoms with E-state index in [1.165, 1.54) is 11.8 Å². The SMILES string of the molecule is CC(C)OCC(O)CSc1c(N)cccc1Cl. The Morgan fingerprint density at radius 3 is 2.76 bits per heavy atom. The third-order valence-corrected chi connectivity index (χ3v) is 3.76. The fraction of sp³-hybridized carbons (Fsp3) is 0.500. The van der Waals surface area contributed by atoms with Crippen molar-refractivity contribution in [2.24, 2.45) is 0 Å². The minimum atomic E-state index is -0.516. The van der Waals surface area contributed by atoms with Gasteiger partial charge in [-0.3, -0.25) is 0 Å². The van der Waals surface area contributed by atoms with E-state index in [-0.39, 0.29) is 6.10 Å². The number of ether oxygens (including phenoxy) is 1. The molecule has 0 saturated carbocycles. The minimum Gasteiger partial charge on any atom is -0.398 e. The second kappa shape index (κ2) is 7.11. The van der Waals surface area contributed by atoms with Gasteiger partial charge in [-0.2, -0.15) is 0 Å². The van der Waals surface area contributed by atoms with Crippen LogP contribution < -0.4 is 5.73 Å². The number of hydrogen-bond donors (Lipinski definition) is 2. The monoisotopic (exact) mass is 275 g/mol. The average Bonchev–Trinajstić information content (AvgIpc) is 2.25. The molecule has 1 aromatic rings. The van der Waals surface area contributed by atoms with Gasteiger partial charge in [-0.25, -0.2) is 0 Å². The molecule has 0 heterocycles. The summed E-state index contributed by atoms with van der Waals surface area (Å²) in [7, 11) is 0. The lowest BCUT2D eigenvalue weighted by Gasteiger charge is -2.14. The van der Waals surface area contributed by atoms with E-state index in [1.54, 1.807) is 18.2 Å². The summed E-state index contributed by atoms with van der Waals surface area (Å²) in [6.07, 6.45) is -0.391. The fourth-order valence-corrected chi connectivity index (χ4v) is 2.45. The van der Waals surface area contributed by atoms with E-state index in [9.17, 15) is 5.11 Å². The van der Waals surface area contributed by atoms with E-state index in [4.69, 9.17) is 22.1 Å². The number of nitrogen functional groups attached to an aromatic ring is 1. The summed E-state index contributed by atoms with van der Waals surface area (Å²) in [6.45, 7) is 4.20. The van der Waals surface area contributed by atoms with Crippen molar-refractivity contribution in [1.29, 1.82) is 0 Å². The fourth-order valence-electron chi connectivity index (χ4n) is 1.21. The van der Waals surface area contributed by atoms with Gasteiger partial charge in [-0.15, -0.1) is 11.8 Å². The molecule has 0 amide bonds. The number of nitrogens with two attached hydrogens (primary N) is 1. The molecule has 0 aliphatic carbocycles. The first kappa shape index (κ1) is 14.6. The zero-order valence-electron chi connectivity index (χ0n) is 10.0. The maximum Gasteiger partial charge on any atom is 0.0867 e. The topological polar surface area (TPSA) is 55.5 Å². The van der Waals surface area contributed by atoms with Crippen LogP contribution in [0.4, 0.5) is 5.69 Å². The molecular weight excluding hydrogens is 258 g/mol. The number of aliphatic hydroxyl groups excluding tert-OH is 1. The van der Waals surface area contributed by atoms with E-state index in [0.29, 0.717) is 23.1 Å². The second-order valence-corrected chi connectivity index (χ2v) is 5.44. The first-order valence-corrected chi connectivity index (χ1v) is 6.83. The van der Waals surface area contributed by atoms with Gasteiger partial charge in [0.2, 0.25) is 0 Å². The van der Waals surface area contributed by atoms with E-state index in [1.807, 2.05) is 13.8 Å². The van der Waals surface area contributed by atoms with Crippen molar-refractivity contribution in [3.63, 3.8) is 0 Å². The van der Waals surface area contributed by atoms with Crippen molar-refractivity contribution < 1.29 is 9.84 Å². The highest BCUT2D eigenvalue weighted by atomic mass is 35.5. The second-order valence-electron chi connectivity index (χ2n) is 4.01. The summed E-state index contributed by atoms with van der Waals surface area (Å²) in [5.41, 5.74) is 6.45. The van der Waals surface area contributed by atoms with Crippen molar-refractivity contribution in [3.8, 4) is 0 Å². The zero-order valence-corrected chi connectivity index (χ0v) is 11.6. The maximum atomic E-state index is 9.71. The van der Waals surface area contributed by atoms with Gasteiger partial charge in [-0.1, -0.05) is 17.7 Å². The number of thioether (sulfide) groups is 1. The molecule has 5 heteroatoms. The molecule has 1 atom stereocenters. The van der Waals surface area contributed by atoms with Crippen LogP contribution in [0.25, 0.3) is 0 Å². The molecule has 96 valence electrons. The molecule has 0 saturated heterocycles. The first-order valence-electron chi connectivity index (χ1n) is 5.47. The van der Waals surface area contributed by atoms with E-state index in [0.717, 1.165) is 4.90 Å². The molecule has 1 aromatic carbocycles. The summed E-state index contributed by atoms with van der Waals surface area (Å²) >= 11 is 7.47. The number of aliphatic hydroxyl groups is 1. The number of rotatable bonds is 6. The Bertz CT molecular complexity index is 340. The molecular formula is C12H18ClNO2S. The van der Waals surface area contributed by atoms with Crippen LogP contribution in [0.2, 0.25) is 5.02 Å². The molecule has 1 rings (SSSR count). The molecule has 0 radical (unpaired) electrons. The predicted octanol–water partition coefficient (Wildman–Crippen LogP) is 2.80. The van der Waals surface area contributed by atoms with Gasteiger partial charge in [0.05, 0.1) is 23.8 Å². The predicted molar refractivity (Wildman–Crippen MR) is 73.7 cm³/mol. The Balaban J connectivity index is 2.44. The van der Waals surface area contributed by atoms with E-state index in [2.05, 4.69) is 0 Å². The Hall–Kier alpha value is -0.420. The Kier molecular flexibility index (Phi) is 6.12. The zero-order chi connectivity index (χ0) is 12.8. The van der Waals surface area contributed by atoms with Gasteiger partial charge >= 0.3 is 0 Å². The standard InChI is InChI=1S/C12H18ClNO2S/c1-8(2)16-6-9(15)7-17-12-10(13)4-3-5-11(12)14/h3-5,8-9,15H,6-7,14H2,1-2H3. The quantitative estimate of drug-likeness (QED) is 0.619. The highest BCUT2D eigenvalue weighted by molar-refractivity contribution is 7.99. The van der Waals surface area contributed by atoms with Gasteiger partial charge in [-0.05, 0) is 26.0 Å². The molecule has 0 aromatic heterocycles. The molecule has 3 nitrogen and oxygen atoms in total. The normalized spacial score (nSPS) is 13.0. The highest BCUT2D eigenvalue weighted by Crippen LogP contribution is 2.32. The van der Waals surface area contributed by atoms with Crippen molar-refractivity contribution in [1.82, 2.24) is 0 Å². The largest absolute Gasteiger partial charge is 0.398 e. The number of hydrogen-bond acceptors (Lipinski definition) is 4. The van der Waals surface area contributed by atoms with Crippen LogP contribution in [0.15, 0.2) is 23.1 Å². The van der Waals surface area contributed by atoms with Crippen LogP contribution in [-0.4, -0.2) is 29.7 Å². The van der Waals surface area contributed by atoms with Gasteiger partial charge in [0.1, 0.15) is 0 Å². The molecule has 0 spiro atoms. The smallest absolute Gasteiger partial charge is 0.0867 e. The van der Waals surface area contributed by atoms with Crippen LogP contribution >= 0.6 is 23.4 Å². The summed E-state index contributed by atoms with van der Waals surface area (Å²) < 4.78 is 5.32. The van der Waals surface area contributed by atoms with Gasteiger partial charge in [0, 0.05) is 16.3 Å². The van der Waals surface area contributed by atoms with Crippen molar-refractivity contribution >= 4 is 29.1 Å². The Labute approximate surface area is 111 Å². The van der Waals surface area contributed by atoms with E-state index >= 15 is 0 Å². The summed E-state index contributed by atoms with van der Waals surface area (Å²) in [6, 6.07) is 5.39. The molecule has 0 aliphatic heterocycles. The Morgan fingerprint density at radius 1 is 1.47 bits per heavy atom. The molecule has 0 bridgehead atoms. The highest BCUT2D eigenvalue weighted by Gasteiger charge is 2.10. The molecule has 0 aliphatic rings. The lowest BCUT2D eigenvalue weighted by molar-refractivity contribution is 0.0152. The van der Waals surface area contributed by atoms with Crippen LogP contribution in [-0.2, 0) is 4.74 Å². The van der Waals surface area contributed by atoms with Crippen molar-refractivity contribution in [3.05, 3.63) is 23.2 Å². The third-order valence-electron chi connectivity index (χ3n) is 2.04. The molecule has 1 unspecified atom stereocenters. The average molecular weight is 276 g/mol. The van der Waals surface area contributed by atoms with Crippen molar-refractivity contribution in [2.75, 3.05) is 18.1 Å². The first-order chi connectivity index (χ1) is 8.00. The van der Waals surface area contributed by atoms with Gasteiger partial charge in [0.25, 0.3) is 0 Å². The Morgan fingerprint density at radius 2 is 2.18 bits per heavy atom. The lowest BCUT2D eigenvalue weighted by Crippen LogP contribution is -2.20. The lowest BCUT2D eigenvalue weighted by atomic mass is 10.3. The van der Waals surface area contributed by atoms with Gasteiger partial charge in [0.15, 0.2) is 0 Å². The number of halogens is 1. The van der Waals surface area contributed by atoms with Crippen LogP contribution in [0.1, 0.15) is 13.8 Å². The molecule has 0 fully saturated rings. The third kappa shape index (κ3) is 5.17. The minimum absolute atomic E-state index is 0.125. The summed E-state index contributed by atoms with van der Waals surface area (Å²) in [5, 5.41) is 10.3. The number of anilines is 1. The van der Waals surface area contributed by atoms with Crippen molar-refractivity contribution in [2.45, 2.75) is 31.0 Å². The van der Waals surface area contributed by atoms with Gasteiger partial charge < -0.3 is 15.6 Å².